The van der Waals surface area contributed by atoms with Gasteiger partial charge in [-0.3, -0.25) is 0 Å². The van der Waals surface area contributed by atoms with E-state index in [4.69, 9.17) is 0 Å². The highest BCUT2D eigenvalue weighted by Gasteiger charge is 2.16. The van der Waals surface area contributed by atoms with E-state index < -0.39 is 0 Å². The molecule has 0 saturated heterocycles. The smallest absolute Gasteiger partial charge is 0.0647 e. The van der Waals surface area contributed by atoms with Crippen LogP contribution >= 0.6 is 0 Å². The van der Waals surface area contributed by atoms with Gasteiger partial charge in [0, 0.05) is 0 Å². The molecule has 1 aromatic carbocycles. The SMILES string of the molecule is OCC(=CC=Cc1ccccc1)C1CCCCC1. The third kappa shape index (κ3) is 3.85. The molecule has 0 unspecified atom stereocenters. The fourth-order valence-corrected chi connectivity index (χ4v) is 2.64. The molecule has 18 heavy (non-hydrogen) atoms. The van der Waals surface area contributed by atoms with E-state index in [0.717, 1.165) is 0 Å². The maximum absolute atomic E-state index is 9.47. The molecule has 0 bridgehead atoms. The molecule has 1 heteroatoms. The minimum absolute atomic E-state index is 0.198. The molecule has 1 aromatic rings. The van der Waals surface area contributed by atoms with Crippen LogP contribution in [0.25, 0.3) is 6.08 Å². The van der Waals surface area contributed by atoms with Crippen molar-refractivity contribution in [3.63, 3.8) is 0 Å². The second-order valence-electron chi connectivity index (χ2n) is 5.00. The molecule has 0 heterocycles. The van der Waals surface area contributed by atoms with Crippen LogP contribution in [0.2, 0.25) is 0 Å². The minimum Gasteiger partial charge on any atom is -0.392 e. The highest BCUT2D eigenvalue weighted by atomic mass is 16.3. The van der Waals surface area contributed by atoms with E-state index in [-0.39, 0.29) is 6.61 Å². The summed E-state index contributed by atoms with van der Waals surface area (Å²) in [5.41, 5.74) is 2.40. The van der Waals surface area contributed by atoms with Gasteiger partial charge in [-0.1, -0.05) is 67.8 Å². The van der Waals surface area contributed by atoms with E-state index in [1.807, 2.05) is 18.2 Å². The van der Waals surface area contributed by atoms with Crippen molar-refractivity contribution < 1.29 is 5.11 Å². The minimum atomic E-state index is 0.198. The van der Waals surface area contributed by atoms with Gasteiger partial charge in [0.15, 0.2) is 0 Å². The van der Waals surface area contributed by atoms with Crippen molar-refractivity contribution in [2.45, 2.75) is 32.1 Å². The fourth-order valence-electron chi connectivity index (χ4n) is 2.64. The molecule has 1 N–H and O–H groups in total. The van der Waals surface area contributed by atoms with Gasteiger partial charge in [-0.05, 0) is 29.9 Å². The molecule has 0 aliphatic heterocycles. The predicted octanol–water partition coefficient (Wildman–Crippen LogP) is 4.20. The molecule has 0 aromatic heterocycles. The lowest BCUT2D eigenvalue weighted by molar-refractivity contribution is 0.293. The molecule has 96 valence electrons. The molecule has 1 aliphatic rings. The number of rotatable bonds is 4. The van der Waals surface area contributed by atoms with Gasteiger partial charge in [0.25, 0.3) is 0 Å². The van der Waals surface area contributed by atoms with Crippen LogP contribution in [0.1, 0.15) is 37.7 Å². The average molecular weight is 242 g/mol. The zero-order valence-electron chi connectivity index (χ0n) is 10.9. The van der Waals surface area contributed by atoms with E-state index in [1.165, 1.54) is 43.2 Å². The number of hydrogen-bond acceptors (Lipinski definition) is 1. The predicted molar refractivity (Wildman–Crippen MR) is 77.2 cm³/mol. The standard InChI is InChI=1S/C17H22O/c18-14-17(16-11-5-2-6-12-16)13-7-10-15-8-3-1-4-9-15/h1,3-4,7-10,13,16,18H,2,5-6,11-12,14H2. The van der Waals surface area contributed by atoms with E-state index in [2.05, 4.69) is 30.4 Å². The van der Waals surface area contributed by atoms with Crippen molar-refractivity contribution in [2.24, 2.45) is 5.92 Å². The fraction of sp³-hybridized carbons (Fsp3) is 0.412. The Kier molecular flexibility index (Phi) is 5.22. The van der Waals surface area contributed by atoms with Crippen LogP contribution in [0.15, 0.2) is 48.1 Å². The Morgan fingerprint density at radius 3 is 2.50 bits per heavy atom. The Morgan fingerprint density at radius 2 is 1.83 bits per heavy atom. The summed E-state index contributed by atoms with van der Waals surface area (Å²) in [6.45, 7) is 0.198. The topological polar surface area (TPSA) is 20.2 Å². The first kappa shape index (κ1) is 13.1. The Labute approximate surface area is 110 Å². The molecular formula is C17H22O. The van der Waals surface area contributed by atoms with Crippen molar-refractivity contribution in [1.29, 1.82) is 0 Å². The highest BCUT2D eigenvalue weighted by Crippen LogP contribution is 2.29. The molecule has 0 radical (unpaired) electrons. The highest BCUT2D eigenvalue weighted by molar-refractivity contribution is 5.51. The van der Waals surface area contributed by atoms with Crippen LogP contribution in [0, 0.1) is 5.92 Å². The number of aliphatic hydroxyl groups excluding tert-OH is 1. The molecule has 1 fully saturated rings. The number of benzene rings is 1. The summed E-state index contributed by atoms with van der Waals surface area (Å²) in [6, 6.07) is 10.3. The van der Waals surface area contributed by atoms with Crippen LogP contribution in [0.5, 0.6) is 0 Å². The first-order chi connectivity index (χ1) is 8.90. The Balaban J connectivity index is 1.99. The summed E-state index contributed by atoms with van der Waals surface area (Å²) in [5, 5.41) is 9.47. The lowest BCUT2D eigenvalue weighted by atomic mass is 9.84. The van der Waals surface area contributed by atoms with Crippen molar-refractivity contribution in [3.05, 3.63) is 53.6 Å². The van der Waals surface area contributed by atoms with Gasteiger partial charge in [-0.2, -0.15) is 0 Å². The third-order valence-electron chi connectivity index (χ3n) is 3.71. The molecule has 1 aliphatic carbocycles. The Hall–Kier alpha value is -1.34. The number of aliphatic hydroxyl groups is 1. The largest absolute Gasteiger partial charge is 0.392 e. The zero-order valence-corrected chi connectivity index (χ0v) is 10.9. The molecular weight excluding hydrogens is 220 g/mol. The van der Waals surface area contributed by atoms with Crippen LogP contribution < -0.4 is 0 Å². The number of allylic oxidation sites excluding steroid dienone is 2. The Bertz CT molecular complexity index is 397. The van der Waals surface area contributed by atoms with Crippen molar-refractivity contribution in [1.82, 2.24) is 0 Å². The van der Waals surface area contributed by atoms with Crippen molar-refractivity contribution in [3.8, 4) is 0 Å². The maximum Gasteiger partial charge on any atom is 0.0647 e. The normalized spacial score (nSPS) is 18.4. The van der Waals surface area contributed by atoms with E-state index in [1.54, 1.807) is 0 Å². The summed E-state index contributed by atoms with van der Waals surface area (Å²) in [4.78, 5) is 0. The van der Waals surface area contributed by atoms with Gasteiger partial charge in [0.1, 0.15) is 0 Å². The van der Waals surface area contributed by atoms with Crippen LogP contribution in [0.3, 0.4) is 0 Å². The van der Waals surface area contributed by atoms with Crippen molar-refractivity contribution in [2.75, 3.05) is 6.61 Å². The molecule has 0 atom stereocenters. The first-order valence-electron chi connectivity index (χ1n) is 6.93. The van der Waals surface area contributed by atoms with E-state index >= 15 is 0 Å². The number of hydrogen-bond donors (Lipinski definition) is 1. The molecule has 0 spiro atoms. The van der Waals surface area contributed by atoms with Gasteiger partial charge >= 0.3 is 0 Å². The quantitative estimate of drug-likeness (QED) is 0.785. The second-order valence-corrected chi connectivity index (χ2v) is 5.00. The van der Waals surface area contributed by atoms with Crippen LogP contribution in [0.4, 0.5) is 0 Å². The maximum atomic E-state index is 9.47. The first-order valence-corrected chi connectivity index (χ1v) is 6.93. The van der Waals surface area contributed by atoms with E-state index in [9.17, 15) is 5.11 Å². The van der Waals surface area contributed by atoms with Crippen molar-refractivity contribution >= 4 is 6.08 Å². The summed E-state index contributed by atoms with van der Waals surface area (Å²) in [5.74, 6) is 0.601. The van der Waals surface area contributed by atoms with Crippen LogP contribution in [-0.4, -0.2) is 11.7 Å². The summed E-state index contributed by atoms with van der Waals surface area (Å²) >= 11 is 0. The lowest BCUT2D eigenvalue weighted by Gasteiger charge is -2.23. The monoisotopic (exact) mass is 242 g/mol. The molecule has 2 rings (SSSR count). The molecule has 0 amide bonds. The van der Waals surface area contributed by atoms with Gasteiger partial charge in [0.05, 0.1) is 6.61 Å². The van der Waals surface area contributed by atoms with Gasteiger partial charge in [-0.25, -0.2) is 0 Å². The third-order valence-corrected chi connectivity index (χ3v) is 3.71. The summed E-state index contributed by atoms with van der Waals surface area (Å²) < 4.78 is 0. The van der Waals surface area contributed by atoms with Crippen LogP contribution in [-0.2, 0) is 0 Å². The summed E-state index contributed by atoms with van der Waals surface area (Å²) in [6.07, 6.45) is 12.7. The summed E-state index contributed by atoms with van der Waals surface area (Å²) in [7, 11) is 0. The second kappa shape index (κ2) is 7.17. The van der Waals surface area contributed by atoms with Gasteiger partial charge in [-0.15, -0.1) is 0 Å². The Morgan fingerprint density at radius 1 is 1.11 bits per heavy atom. The van der Waals surface area contributed by atoms with Gasteiger partial charge < -0.3 is 5.11 Å². The van der Waals surface area contributed by atoms with E-state index in [0.29, 0.717) is 5.92 Å². The molecule has 1 saturated carbocycles. The lowest BCUT2D eigenvalue weighted by Crippen LogP contribution is -2.11. The average Bonchev–Trinajstić information content (AvgIpc) is 2.46. The molecule has 1 nitrogen and oxygen atoms in total. The van der Waals surface area contributed by atoms with Gasteiger partial charge in [0.2, 0.25) is 0 Å². The zero-order chi connectivity index (χ0) is 12.6.